The van der Waals surface area contributed by atoms with E-state index in [1.54, 1.807) is 0 Å². The fraction of sp³-hybridized carbons (Fsp3) is 0.136. The zero-order chi connectivity index (χ0) is 17.1. The van der Waals surface area contributed by atoms with Gasteiger partial charge in [0, 0.05) is 24.5 Å². The quantitative estimate of drug-likeness (QED) is 0.706. The molecule has 4 rings (SSSR count). The average molecular weight is 325 g/mol. The van der Waals surface area contributed by atoms with Gasteiger partial charge in [-0.3, -0.25) is 0 Å². The van der Waals surface area contributed by atoms with Crippen molar-refractivity contribution in [3.63, 3.8) is 0 Å². The van der Waals surface area contributed by atoms with Gasteiger partial charge in [0.15, 0.2) is 0 Å². The molecule has 3 aromatic rings. The number of rotatable bonds is 3. The Morgan fingerprint density at radius 1 is 0.680 bits per heavy atom. The SMILES string of the molecule is N#Cc1ccc(C2N(c3ccccc3)CCN2c2ccccc2)cc1. The molecule has 0 saturated carbocycles. The summed E-state index contributed by atoms with van der Waals surface area (Å²) in [7, 11) is 0. The molecule has 3 aromatic carbocycles. The summed E-state index contributed by atoms with van der Waals surface area (Å²) in [5.41, 5.74) is 4.33. The highest BCUT2D eigenvalue weighted by molar-refractivity contribution is 5.59. The summed E-state index contributed by atoms with van der Waals surface area (Å²) in [5, 5.41) is 9.08. The monoisotopic (exact) mass is 325 g/mol. The van der Waals surface area contributed by atoms with E-state index in [1.165, 1.54) is 16.9 Å². The van der Waals surface area contributed by atoms with E-state index >= 15 is 0 Å². The second kappa shape index (κ2) is 6.70. The molecule has 0 aliphatic carbocycles. The van der Waals surface area contributed by atoms with Crippen LogP contribution >= 0.6 is 0 Å². The van der Waals surface area contributed by atoms with Gasteiger partial charge in [-0.1, -0.05) is 48.5 Å². The second-order valence-corrected chi connectivity index (χ2v) is 6.17. The van der Waals surface area contributed by atoms with Crippen LogP contribution in [0.15, 0.2) is 84.9 Å². The molecule has 0 aromatic heterocycles. The number of hydrogen-bond donors (Lipinski definition) is 0. The third kappa shape index (κ3) is 2.95. The van der Waals surface area contributed by atoms with Crippen molar-refractivity contribution >= 4 is 11.4 Å². The maximum absolute atomic E-state index is 9.08. The van der Waals surface area contributed by atoms with Gasteiger partial charge in [0.1, 0.15) is 6.17 Å². The predicted molar refractivity (Wildman–Crippen MR) is 101 cm³/mol. The lowest BCUT2D eigenvalue weighted by Crippen LogP contribution is -2.30. The summed E-state index contributed by atoms with van der Waals surface area (Å²) < 4.78 is 0. The number of benzene rings is 3. The van der Waals surface area contributed by atoms with Gasteiger partial charge in [-0.15, -0.1) is 0 Å². The second-order valence-electron chi connectivity index (χ2n) is 6.17. The standard InChI is InChI=1S/C22H19N3/c23-17-18-11-13-19(14-12-18)22-24(20-7-3-1-4-8-20)15-16-25(22)21-9-5-2-6-10-21/h1-14,22H,15-16H2. The Morgan fingerprint density at radius 3 is 1.60 bits per heavy atom. The summed E-state index contributed by atoms with van der Waals surface area (Å²) in [6.45, 7) is 1.92. The molecular weight excluding hydrogens is 306 g/mol. The molecular formula is C22H19N3. The summed E-state index contributed by atoms with van der Waals surface area (Å²) in [6.07, 6.45) is 0.123. The van der Waals surface area contributed by atoms with E-state index in [-0.39, 0.29) is 6.17 Å². The van der Waals surface area contributed by atoms with Crippen LogP contribution in [0.1, 0.15) is 17.3 Å². The largest absolute Gasteiger partial charge is 0.346 e. The lowest BCUT2D eigenvalue weighted by atomic mass is 10.1. The van der Waals surface area contributed by atoms with Crippen LogP contribution in [0.4, 0.5) is 11.4 Å². The molecule has 0 bridgehead atoms. The molecule has 25 heavy (non-hydrogen) atoms. The molecule has 1 aliphatic heterocycles. The van der Waals surface area contributed by atoms with Crippen LogP contribution in [-0.4, -0.2) is 13.1 Å². The van der Waals surface area contributed by atoms with Crippen molar-refractivity contribution in [3.8, 4) is 6.07 Å². The summed E-state index contributed by atoms with van der Waals surface area (Å²) >= 11 is 0. The van der Waals surface area contributed by atoms with Gasteiger partial charge in [-0.2, -0.15) is 5.26 Å². The van der Waals surface area contributed by atoms with E-state index < -0.39 is 0 Å². The van der Waals surface area contributed by atoms with E-state index in [2.05, 4.69) is 76.5 Å². The smallest absolute Gasteiger partial charge is 0.128 e. The van der Waals surface area contributed by atoms with Gasteiger partial charge in [0.2, 0.25) is 0 Å². The highest BCUT2D eigenvalue weighted by Gasteiger charge is 2.33. The van der Waals surface area contributed by atoms with Crippen LogP contribution in [0.3, 0.4) is 0 Å². The molecule has 0 unspecified atom stereocenters. The Balaban J connectivity index is 1.76. The minimum Gasteiger partial charge on any atom is -0.346 e. The fourth-order valence-corrected chi connectivity index (χ4v) is 3.50. The summed E-state index contributed by atoms with van der Waals surface area (Å²) in [4.78, 5) is 4.85. The topological polar surface area (TPSA) is 30.3 Å². The number of nitrogens with zero attached hydrogens (tertiary/aromatic N) is 3. The molecule has 0 atom stereocenters. The van der Waals surface area contributed by atoms with E-state index in [9.17, 15) is 0 Å². The lowest BCUT2D eigenvalue weighted by molar-refractivity contribution is 0.717. The third-order valence-corrected chi connectivity index (χ3v) is 4.69. The van der Waals surface area contributed by atoms with E-state index in [4.69, 9.17) is 5.26 Å². The molecule has 1 aliphatic rings. The first-order valence-corrected chi connectivity index (χ1v) is 8.50. The van der Waals surface area contributed by atoms with Crippen LogP contribution < -0.4 is 9.80 Å². The van der Waals surface area contributed by atoms with Crippen molar-refractivity contribution in [2.75, 3.05) is 22.9 Å². The van der Waals surface area contributed by atoms with Crippen LogP contribution in [-0.2, 0) is 0 Å². The summed E-state index contributed by atoms with van der Waals surface area (Å²) in [6, 6.07) is 31.2. The number of anilines is 2. The molecule has 3 nitrogen and oxygen atoms in total. The molecule has 0 N–H and O–H groups in total. The molecule has 0 radical (unpaired) electrons. The molecule has 1 heterocycles. The zero-order valence-corrected chi connectivity index (χ0v) is 13.9. The van der Waals surface area contributed by atoms with Crippen LogP contribution in [0, 0.1) is 11.3 Å². The molecule has 3 heteroatoms. The van der Waals surface area contributed by atoms with Crippen molar-refractivity contribution < 1.29 is 0 Å². The Labute approximate surface area is 148 Å². The highest BCUT2D eigenvalue weighted by Crippen LogP contribution is 2.37. The van der Waals surface area contributed by atoms with Crippen molar-refractivity contribution in [2.45, 2.75) is 6.17 Å². The normalized spacial score (nSPS) is 14.5. The Hall–Kier alpha value is -3.25. The maximum Gasteiger partial charge on any atom is 0.128 e. The van der Waals surface area contributed by atoms with Gasteiger partial charge in [0.05, 0.1) is 11.6 Å². The minimum absolute atomic E-state index is 0.123. The summed E-state index contributed by atoms with van der Waals surface area (Å²) in [5.74, 6) is 0. The molecule has 122 valence electrons. The van der Waals surface area contributed by atoms with Crippen molar-refractivity contribution in [1.82, 2.24) is 0 Å². The fourth-order valence-electron chi connectivity index (χ4n) is 3.50. The number of para-hydroxylation sites is 2. The average Bonchev–Trinajstić information content (AvgIpc) is 3.14. The number of nitriles is 1. The van der Waals surface area contributed by atoms with Crippen LogP contribution in [0.2, 0.25) is 0 Å². The Kier molecular flexibility index (Phi) is 4.10. The first-order valence-electron chi connectivity index (χ1n) is 8.50. The Morgan fingerprint density at radius 2 is 1.16 bits per heavy atom. The molecule has 0 spiro atoms. The molecule has 1 fully saturated rings. The van der Waals surface area contributed by atoms with Gasteiger partial charge in [-0.25, -0.2) is 0 Å². The van der Waals surface area contributed by atoms with Gasteiger partial charge < -0.3 is 9.80 Å². The van der Waals surface area contributed by atoms with Crippen molar-refractivity contribution in [2.24, 2.45) is 0 Å². The Bertz CT molecular complexity index is 819. The predicted octanol–water partition coefficient (Wildman–Crippen LogP) is 4.58. The van der Waals surface area contributed by atoms with E-state index in [1.807, 2.05) is 24.3 Å². The van der Waals surface area contributed by atoms with Crippen LogP contribution in [0.25, 0.3) is 0 Å². The van der Waals surface area contributed by atoms with Gasteiger partial charge in [-0.05, 0) is 42.0 Å². The van der Waals surface area contributed by atoms with Crippen LogP contribution in [0.5, 0.6) is 0 Å². The highest BCUT2D eigenvalue weighted by atomic mass is 15.4. The first kappa shape index (κ1) is 15.3. The zero-order valence-electron chi connectivity index (χ0n) is 13.9. The van der Waals surface area contributed by atoms with E-state index in [0.29, 0.717) is 5.56 Å². The van der Waals surface area contributed by atoms with E-state index in [0.717, 1.165) is 13.1 Å². The molecule has 0 amide bonds. The number of hydrogen-bond acceptors (Lipinski definition) is 3. The van der Waals surface area contributed by atoms with Gasteiger partial charge >= 0.3 is 0 Å². The van der Waals surface area contributed by atoms with Crippen molar-refractivity contribution in [3.05, 3.63) is 96.1 Å². The van der Waals surface area contributed by atoms with Gasteiger partial charge in [0.25, 0.3) is 0 Å². The third-order valence-electron chi connectivity index (χ3n) is 4.69. The maximum atomic E-state index is 9.08. The molecule has 1 saturated heterocycles. The van der Waals surface area contributed by atoms with Crippen molar-refractivity contribution in [1.29, 1.82) is 5.26 Å². The first-order chi connectivity index (χ1) is 12.4. The lowest BCUT2D eigenvalue weighted by Gasteiger charge is -2.33. The minimum atomic E-state index is 0.123.